The van der Waals surface area contributed by atoms with Gasteiger partial charge in [0.15, 0.2) is 5.78 Å². The van der Waals surface area contributed by atoms with Crippen LogP contribution in [-0.4, -0.2) is 60.9 Å². The number of ether oxygens (including phenoxy) is 2. The highest BCUT2D eigenvalue weighted by molar-refractivity contribution is 6.05. The number of allylic oxidation sites excluding steroid dienone is 1. The SMILES string of the molecule is COc1ccc(C[C@H](NC(=O)[C@@H](C)NC(=O)C2=C(C)c3ccccc3C2)C(=O)N[C@@H](Cc2ccccc2)C(=O)[C@]2(C)CO2)cc1. The van der Waals surface area contributed by atoms with Crippen molar-refractivity contribution in [1.82, 2.24) is 16.0 Å². The van der Waals surface area contributed by atoms with Crippen LogP contribution in [0.4, 0.5) is 0 Å². The number of fused-ring (bicyclic) bond motifs is 1. The van der Waals surface area contributed by atoms with Crippen molar-refractivity contribution >= 4 is 29.1 Å². The molecule has 0 radical (unpaired) electrons. The molecule has 1 saturated heterocycles. The molecule has 1 aliphatic carbocycles. The molecule has 2 aliphatic rings. The lowest BCUT2D eigenvalue weighted by Crippen LogP contribution is -2.57. The third-order valence-corrected chi connectivity index (χ3v) is 8.50. The van der Waals surface area contributed by atoms with E-state index < -0.39 is 35.5 Å². The Kier molecular flexibility index (Phi) is 9.48. The summed E-state index contributed by atoms with van der Waals surface area (Å²) in [7, 11) is 1.57. The summed E-state index contributed by atoms with van der Waals surface area (Å²) in [5.74, 6) is -0.926. The zero-order valence-corrected chi connectivity index (χ0v) is 26.0. The first-order valence-electron chi connectivity index (χ1n) is 15.1. The first-order valence-corrected chi connectivity index (χ1v) is 15.1. The fraction of sp³-hybridized carbons (Fsp3) is 0.333. The largest absolute Gasteiger partial charge is 0.497 e. The summed E-state index contributed by atoms with van der Waals surface area (Å²) in [6.45, 7) is 5.49. The van der Waals surface area contributed by atoms with Gasteiger partial charge in [-0.3, -0.25) is 19.2 Å². The van der Waals surface area contributed by atoms with Gasteiger partial charge in [-0.1, -0.05) is 66.7 Å². The fourth-order valence-electron chi connectivity index (χ4n) is 5.58. The maximum absolute atomic E-state index is 13.8. The number of methoxy groups -OCH3 is 1. The van der Waals surface area contributed by atoms with Crippen LogP contribution in [0.1, 0.15) is 43.0 Å². The summed E-state index contributed by atoms with van der Waals surface area (Å²) < 4.78 is 10.7. The van der Waals surface area contributed by atoms with Crippen molar-refractivity contribution in [2.45, 2.75) is 63.8 Å². The van der Waals surface area contributed by atoms with Crippen LogP contribution in [-0.2, 0) is 43.2 Å². The summed E-state index contributed by atoms with van der Waals surface area (Å²) in [6.07, 6.45) is 0.919. The molecule has 0 aromatic heterocycles. The highest BCUT2D eigenvalue weighted by atomic mass is 16.6. The number of hydrogen-bond acceptors (Lipinski definition) is 6. The van der Waals surface area contributed by atoms with E-state index in [9.17, 15) is 19.2 Å². The Balaban J connectivity index is 1.31. The molecule has 1 heterocycles. The average Bonchev–Trinajstić information content (AvgIpc) is 3.72. The summed E-state index contributed by atoms with van der Waals surface area (Å²) >= 11 is 0. The van der Waals surface area contributed by atoms with Gasteiger partial charge in [0, 0.05) is 18.4 Å². The Labute approximate surface area is 263 Å². The summed E-state index contributed by atoms with van der Waals surface area (Å²) in [4.78, 5) is 53.9. The van der Waals surface area contributed by atoms with Crippen molar-refractivity contribution in [3.8, 4) is 5.75 Å². The molecule has 4 atom stereocenters. The maximum Gasteiger partial charge on any atom is 0.248 e. The van der Waals surface area contributed by atoms with Gasteiger partial charge in [-0.15, -0.1) is 0 Å². The minimum atomic E-state index is -1.03. The van der Waals surface area contributed by atoms with Crippen LogP contribution >= 0.6 is 0 Å². The van der Waals surface area contributed by atoms with E-state index >= 15 is 0 Å². The molecule has 0 spiro atoms. The molecule has 3 aromatic rings. The number of ketones is 1. The fourth-order valence-corrected chi connectivity index (χ4v) is 5.58. The Bertz CT molecular complexity index is 1610. The van der Waals surface area contributed by atoms with Crippen molar-refractivity contribution in [2.24, 2.45) is 0 Å². The van der Waals surface area contributed by atoms with E-state index in [1.165, 1.54) is 0 Å². The lowest BCUT2D eigenvalue weighted by atomic mass is 9.94. The van der Waals surface area contributed by atoms with Gasteiger partial charge in [0.25, 0.3) is 0 Å². The second-order valence-corrected chi connectivity index (χ2v) is 11.9. The van der Waals surface area contributed by atoms with Crippen molar-refractivity contribution in [2.75, 3.05) is 13.7 Å². The summed E-state index contributed by atoms with van der Waals surface area (Å²) in [6, 6.07) is 21.6. The predicted molar refractivity (Wildman–Crippen MR) is 170 cm³/mol. The highest BCUT2D eigenvalue weighted by Crippen LogP contribution is 2.32. The Morgan fingerprint density at radius 2 is 1.42 bits per heavy atom. The lowest BCUT2D eigenvalue weighted by Gasteiger charge is -2.25. The van der Waals surface area contributed by atoms with E-state index in [0.29, 0.717) is 17.7 Å². The second-order valence-electron chi connectivity index (χ2n) is 11.9. The van der Waals surface area contributed by atoms with Crippen LogP contribution in [0.2, 0.25) is 0 Å². The molecule has 0 saturated carbocycles. The van der Waals surface area contributed by atoms with Crippen LogP contribution in [0.5, 0.6) is 5.75 Å². The van der Waals surface area contributed by atoms with E-state index in [4.69, 9.17) is 9.47 Å². The molecule has 5 rings (SSSR count). The molecule has 3 N–H and O–H groups in total. The quantitative estimate of drug-likeness (QED) is 0.255. The second kappa shape index (κ2) is 13.5. The number of carbonyl (C=O) groups excluding carboxylic acids is 4. The van der Waals surface area contributed by atoms with E-state index in [1.807, 2.05) is 73.7 Å². The molecule has 9 nitrogen and oxygen atoms in total. The van der Waals surface area contributed by atoms with E-state index in [0.717, 1.165) is 27.8 Å². The van der Waals surface area contributed by atoms with Gasteiger partial charge < -0.3 is 25.4 Å². The van der Waals surface area contributed by atoms with Gasteiger partial charge in [0.2, 0.25) is 17.7 Å². The Hall–Kier alpha value is -4.76. The average molecular weight is 610 g/mol. The van der Waals surface area contributed by atoms with Gasteiger partial charge in [-0.05, 0) is 67.2 Å². The first-order chi connectivity index (χ1) is 21.6. The zero-order valence-electron chi connectivity index (χ0n) is 26.0. The van der Waals surface area contributed by atoms with Crippen molar-refractivity contribution in [3.63, 3.8) is 0 Å². The normalized spacial score (nSPS) is 18.7. The summed E-state index contributed by atoms with van der Waals surface area (Å²) in [5, 5.41) is 8.52. The van der Waals surface area contributed by atoms with Gasteiger partial charge in [-0.25, -0.2) is 0 Å². The van der Waals surface area contributed by atoms with E-state index in [1.54, 1.807) is 33.1 Å². The molecule has 3 amide bonds. The van der Waals surface area contributed by atoms with Gasteiger partial charge in [0.1, 0.15) is 23.4 Å². The molecule has 0 bridgehead atoms. The van der Waals surface area contributed by atoms with Crippen LogP contribution < -0.4 is 20.7 Å². The molecular formula is C36H39N3O6. The molecule has 1 aliphatic heterocycles. The monoisotopic (exact) mass is 609 g/mol. The predicted octanol–water partition coefficient (Wildman–Crippen LogP) is 3.34. The molecule has 0 unspecified atom stereocenters. The number of carbonyl (C=O) groups is 4. The standard InChI is InChI=1S/C36H39N3O6/c1-22-28-13-9-8-12-26(28)20-29(22)34(42)37-23(2)33(41)39-31(19-25-14-16-27(44-4)17-15-25)35(43)38-30(32(40)36(3)21-45-36)18-24-10-6-5-7-11-24/h5-17,23,30-31H,18-21H2,1-4H3,(H,37,42)(H,38,43)(H,39,41)/t23-,30+,31+,36+/m1/s1. The minimum absolute atomic E-state index is 0.155. The molecule has 45 heavy (non-hydrogen) atoms. The topological polar surface area (TPSA) is 126 Å². The number of rotatable bonds is 13. The van der Waals surface area contributed by atoms with Gasteiger partial charge in [-0.2, -0.15) is 0 Å². The highest BCUT2D eigenvalue weighted by Gasteiger charge is 2.50. The van der Waals surface area contributed by atoms with Gasteiger partial charge in [0.05, 0.1) is 19.8 Å². The van der Waals surface area contributed by atoms with Crippen LogP contribution in [0.3, 0.4) is 0 Å². The number of epoxide rings is 1. The number of nitrogens with one attached hydrogen (secondary N) is 3. The van der Waals surface area contributed by atoms with E-state index in [-0.39, 0.29) is 31.1 Å². The lowest BCUT2D eigenvalue weighted by molar-refractivity contribution is -0.133. The Morgan fingerprint density at radius 3 is 2.07 bits per heavy atom. The molecule has 9 heteroatoms. The zero-order chi connectivity index (χ0) is 32.1. The van der Waals surface area contributed by atoms with Crippen LogP contribution in [0, 0.1) is 0 Å². The molecular weight excluding hydrogens is 570 g/mol. The number of Topliss-reactive ketones (excluding diaryl/α,β-unsaturated/α-hetero) is 1. The number of amides is 3. The third kappa shape index (κ3) is 7.49. The smallest absolute Gasteiger partial charge is 0.248 e. The first kappa shape index (κ1) is 31.7. The summed E-state index contributed by atoms with van der Waals surface area (Å²) in [5.41, 5.74) is 4.30. The molecule has 234 valence electrons. The van der Waals surface area contributed by atoms with Crippen LogP contribution in [0.25, 0.3) is 5.57 Å². The third-order valence-electron chi connectivity index (χ3n) is 8.50. The van der Waals surface area contributed by atoms with Gasteiger partial charge >= 0.3 is 0 Å². The van der Waals surface area contributed by atoms with Crippen molar-refractivity contribution < 1.29 is 28.7 Å². The molecule has 3 aromatic carbocycles. The minimum Gasteiger partial charge on any atom is -0.497 e. The maximum atomic E-state index is 13.8. The van der Waals surface area contributed by atoms with Crippen LogP contribution in [0.15, 0.2) is 84.4 Å². The number of benzene rings is 3. The van der Waals surface area contributed by atoms with E-state index in [2.05, 4.69) is 16.0 Å². The number of hydrogen-bond donors (Lipinski definition) is 3. The van der Waals surface area contributed by atoms with Crippen molar-refractivity contribution in [3.05, 3.63) is 107 Å². The molecule has 1 fully saturated rings. The van der Waals surface area contributed by atoms with Crippen molar-refractivity contribution in [1.29, 1.82) is 0 Å². The Morgan fingerprint density at radius 1 is 0.822 bits per heavy atom.